The van der Waals surface area contributed by atoms with Crippen LogP contribution < -0.4 is 15.0 Å². The zero-order chi connectivity index (χ0) is 17.4. The first-order chi connectivity index (χ1) is 12.1. The van der Waals surface area contributed by atoms with E-state index in [1.54, 1.807) is 19.3 Å². The van der Waals surface area contributed by atoms with E-state index < -0.39 is 0 Å². The van der Waals surface area contributed by atoms with Gasteiger partial charge in [0.2, 0.25) is 5.56 Å². The molecule has 4 rings (SSSR count). The van der Waals surface area contributed by atoms with Gasteiger partial charge in [0.1, 0.15) is 13.2 Å². The Morgan fingerprint density at radius 1 is 1.12 bits per heavy atom. The van der Waals surface area contributed by atoms with Crippen LogP contribution in [0.3, 0.4) is 0 Å². The number of aryl methyl sites for hydroxylation is 1. The Morgan fingerprint density at radius 2 is 1.92 bits per heavy atom. The maximum absolute atomic E-state index is 12.9. The highest BCUT2D eigenvalue weighted by Gasteiger charge is 2.31. The summed E-state index contributed by atoms with van der Waals surface area (Å²) in [7, 11) is 1.65. The number of hydrogen-bond donors (Lipinski definition) is 0. The molecule has 1 aromatic carbocycles. The fraction of sp³-hybridized carbons (Fsp3) is 0.368. The number of aromatic nitrogens is 1. The molecule has 3 heterocycles. The zero-order valence-electron chi connectivity index (χ0n) is 14.1. The third-order valence-electron chi connectivity index (χ3n) is 4.80. The van der Waals surface area contributed by atoms with Gasteiger partial charge in [-0.25, -0.2) is 0 Å². The molecular formula is C19H20N2O4. The Morgan fingerprint density at radius 3 is 2.72 bits per heavy atom. The summed E-state index contributed by atoms with van der Waals surface area (Å²) in [4.78, 5) is 26.4. The van der Waals surface area contributed by atoms with Crippen LogP contribution in [0.5, 0.6) is 11.5 Å². The molecule has 1 amide bonds. The summed E-state index contributed by atoms with van der Waals surface area (Å²) in [6, 6.07) is 8.94. The molecule has 6 nitrogen and oxygen atoms in total. The van der Waals surface area contributed by atoms with Gasteiger partial charge in [-0.2, -0.15) is 0 Å². The van der Waals surface area contributed by atoms with Gasteiger partial charge in [0, 0.05) is 25.9 Å². The smallest absolute Gasteiger partial charge is 0.255 e. The molecule has 0 aliphatic carbocycles. The minimum atomic E-state index is -0.124. The van der Waals surface area contributed by atoms with Gasteiger partial charge in [0.15, 0.2) is 11.5 Å². The summed E-state index contributed by atoms with van der Waals surface area (Å²) in [5.41, 5.74) is 1.47. The Labute approximate surface area is 145 Å². The van der Waals surface area contributed by atoms with Crippen molar-refractivity contribution < 1.29 is 14.3 Å². The summed E-state index contributed by atoms with van der Waals surface area (Å²) in [6.45, 7) is 1.82. The second-order valence-corrected chi connectivity index (χ2v) is 6.43. The van der Waals surface area contributed by atoms with E-state index in [0.717, 1.165) is 29.9 Å². The lowest BCUT2D eigenvalue weighted by atomic mass is 10.0. The number of benzene rings is 1. The average Bonchev–Trinajstić information content (AvgIpc) is 3.12. The van der Waals surface area contributed by atoms with E-state index in [4.69, 9.17) is 9.47 Å². The van der Waals surface area contributed by atoms with Crippen molar-refractivity contribution in [1.29, 1.82) is 0 Å². The Balaban J connectivity index is 1.62. The molecule has 6 heteroatoms. The molecule has 0 unspecified atom stereocenters. The topological polar surface area (TPSA) is 60.8 Å². The van der Waals surface area contributed by atoms with Crippen molar-refractivity contribution in [2.75, 3.05) is 19.8 Å². The van der Waals surface area contributed by atoms with Crippen molar-refractivity contribution in [1.82, 2.24) is 9.47 Å². The lowest BCUT2D eigenvalue weighted by Crippen LogP contribution is -2.31. The fourth-order valence-corrected chi connectivity index (χ4v) is 3.51. The van der Waals surface area contributed by atoms with Gasteiger partial charge in [-0.1, -0.05) is 6.07 Å². The van der Waals surface area contributed by atoms with Crippen molar-refractivity contribution in [3.63, 3.8) is 0 Å². The number of hydrogen-bond acceptors (Lipinski definition) is 4. The molecule has 0 radical (unpaired) electrons. The lowest BCUT2D eigenvalue weighted by Gasteiger charge is -2.27. The average molecular weight is 340 g/mol. The van der Waals surface area contributed by atoms with Crippen LogP contribution in [0, 0.1) is 0 Å². The molecule has 2 aliphatic rings. The summed E-state index contributed by atoms with van der Waals surface area (Å²) in [5, 5.41) is 0. The van der Waals surface area contributed by atoms with Crippen molar-refractivity contribution in [2.45, 2.75) is 18.9 Å². The molecule has 25 heavy (non-hydrogen) atoms. The van der Waals surface area contributed by atoms with Crippen molar-refractivity contribution >= 4 is 5.91 Å². The van der Waals surface area contributed by atoms with Gasteiger partial charge in [0.25, 0.3) is 5.91 Å². The second kappa shape index (κ2) is 6.27. The standard InChI is InChI=1S/C19H20N2O4/c1-20-12-14(5-7-18(20)22)19(23)21-8-2-3-15(21)13-4-6-16-17(11-13)25-10-9-24-16/h4-7,11-12,15H,2-3,8-10H2,1H3/t15-/m1/s1. The Kier molecular flexibility index (Phi) is 3.95. The van der Waals surface area contributed by atoms with Crippen molar-refractivity contribution in [2.24, 2.45) is 7.05 Å². The highest BCUT2D eigenvalue weighted by atomic mass is 16.6. The van der Waals surface area contributed by atoms with Crippen LogP contribution in [0.25, 0.3) is 0 Å². The molecule has 0 saturated carbocycles. The van der Waals surface area contributed by atoms with Crippen LogP contribution >= 0.6 is 0 Å². The maximum Gasteiger partial charge on any atom is 0.255 e. The van der Waals surface area contributed by atoms with Gasteiger partial charge < -0.3 is 18.9 Å². The molecule has 0 spiro atoms. The largest absolute Gasteiger partial charge is 0.486 e. The van der Waals surface area contributed by atoms with Gasteiger partial charge in [-0.3, -0.25) is 9.59 Å². The molecule has 1 fully saturated rings. The molecule has 1 aromatic heterocycles. The zero-order valence-corrected chi connectivity index (χ0v) is 14.1. The monoisotopic (exact) mass is 340 g/mol. The Hall–Kier alpha value is -2.76. The number of carbonyl (C=O) groups excluding carboxylic acids is 1. The first-order valence-electron chi connectivity index (χ1n) is 8.51. The molecular weight excluding hydrogens is 320 g/mol. The number of likely N-dealkylation sites (tertiary alicyclic amines) is 1. The highest BCUT2D eigenvalue weighted by Crippen LogP contribution is 2.38. The number of pyridine rings is 1. The van der Waals surface area contributed by atoms with Crippen LogP contribution in [0.2, 0.25) is 0 Å². The number of carbonyl (C=O) groups is 1. The quantitative estimate of drug-likeness (QED) is 0.840. The van der Waals surface area contributed by atoms with Gasteiger partial charge in [-0.15, -0.1) is 0 Å². The first kappa shape index (κ1) is 15.7. The number of nitrogens with zero attached hydrogens (tertiary/aromatic N) is 2. The number of rotatable bonds is 2. The fourth-order valence-electron chi connectivity index (χ4n) is 3.51. The molecule has 0 bridgehead atoms. The number of amides is 1. The van der Waals surface area contributed by atoms with E-state index in [9.17, 15) is 9.59 Å². The highest BCUT2D eigenvalue weighted by molar-refractivity contribution is 5.94. The number of fused-ring (bicyclic) bond motifs is 1. The predicted octanol–water partition coefficient (Wildman–Crippen LogP) is 2.13. The van der Waals surface area contributed by atoms with Crippen LogP contribution in [-0.4, -0.2) is 35.1 Å². The minimum Gasteiger partial charge on any atom is -0.486 e. The first-order valence-corrected chi connectivity index (χ1v) is 8.51. The Bertz CT molecular complexity index is 874. The van der Waals surface area contributed by atoms with Crippen LogP contribution in [-0.2, 0) is 7.05 Å². The van der Waals surface area contributed by atoms with E-state index in [0.29, 0.717) is 25.3 Å². The van der Waals surface area contributed by atoms with Gasteiger partial charge >= 0.3 is 0 Å². The van der Waals surface area contributed by atoms with E-state index in [1.165, 1.54) is 10.6 Å². The van der Waals surface area contributed by atoms with E-state index in [2.05, 4.69) is 0 Å². The van der Waals surface area contributed by atoms with Crippen LogP contribution in [0.4, 0.5) is 0 Å². The summed E-state index contributed by atoms with van der Waals surface area (Å²) < 4.78 is 12.7. The summed E-state index contributed by atoms with van der Waals surface area (Å²) >= 11 is 0. The molecule has 0 N–H and O–H groups in total. The molecule has 2 aromatic rings. The summed E-state index contributed by atoms with van der Waals surface area (Å²) in [6.07, 6.45) is 3.47. The third-order valence-corrected chi connectivity index (χ3v) is 4.80. The predicted molar refractivity (Wildman–Crippen MR) is 92.1 cm³/mol. The van der Waals surface area contributed by atoms with Crippen molar-refractivity contribution in [3.05, 3.63) is 58.0 Å². The van der Waals surface area contributed by atoms with Gasteiger partial charge in [0.05, 0.1) is 11.6 Å². The maximum atomic E-state index is 12.9. The minimum absolute atomic E-state index is 0.0144. The third kappa shape index (κ3) is 2.88. The normalized spacial score (nSPS) is 19.1. The number of ether oxygens (including phenoxy) is 2. The molecule has 1 saturated heterocycles. The lowest BCUT2D eigenvalue weighted by molar-refractivity contribution is 0.0734. The molecule has 2 aliphatic heterocycles. The van der Waals surface area contributed by atoms with Crippen molar-refractivity contribution in [3.8, 4) is 11.5 Å². The van der Waals surface area contributed by atoms with E-state index >= 15 is 0 Å². The molecule has 1 atom stereocenters. The van der Waals surface area contributed by atoms with E-state index in [-0.39, 0.29) is 17.5 Å². The SMILES string of the molecule is Cn1cc(C(=O)N2CCC[C@@H]2c2ccc3c(c2)OCCO3)ccc1=O. The summed E-state index contributed by atoms with van der Waals surface area (Å²) in [5.74, 6) is 1.45. The van der Waals surface area contributed by atoms with Gasteiger partial charge in [-0.05, 0) is 36.6 Å². The second-order valence-electron chi connectivity index (χ2n) is 6.43. The van der Waals surface area contributed by atoms with E-state index in [1.807, 2.05) is 23.1 Å². The van der Waals surface area contributed by atoms with Crippen LogP contribution in [0.1, 0.15) is 34.8 Å². The van der Waals surface area contributed by atoms with Crippen LogP contribution in [0.15, 0.2) is 41.3 Å². The molecule has 130 valence electrons.